The molecule has 2 aromatic carbocycles. The van der Waals surface area contributed by atoms with Crippen molar-refractivity contribution in [2.24, 2.45) is 5.92 Å². The number of benzene rings is 2. The zero-order chi connectivity index (χ0) is 23.3. The quantitative estimate of drug-likeness (QED) is 0.374. The molecule has 3 N–H and O–H groups in total. The van der Waals surface area contributed by atoms with Gasteiger partial charge in [-0.1, -0.05) is 37.3 Å². The van der Waals surface area contributed by atoms with E-state index in [9.17, 15) is 8.42 Å². The highest BCUT2D eigenvalue weighted by atomic mass is 32.2. The zero-order valence-corrected chi connectivity index (χ0v) is 21.3. The fraction of sp³-hybridized carbons (Fsp3) is 0.458. The third-order valence-electron chi connectivity index (χ3n) is 5.70. The van der Waals surface area contributed by atoms with Crippen LogP contribution in [0.15, 0.2) is 41.3 Å². The summed E-state index contributed by atoms with van der Waals surface area (Å²) in [7, 11) is -1.53. The second-order valence-electron chi connectivity index (χ2n) is 8.52. The van der Waals surface area contributed by atoms with E-state index in [1.165, 1.54) is 17.4 Å². The molecule has 0 saturated heterocycles. The molecule has 8 heteroatoms. The molecule has 0 heterocycles. The smallest absolute Gasteiger partial charge is 0.175 e. The Morgan fingerprint density at radius 1 is 1.34 bits per heavy atom. The number of sulfone groups is 1. The largest absolute Gasteiger partial charge is 0.398 e. The van der Waals surface area contributed by atoms with Crippen LogP contribution in [0.3, 0.4) is 0 Å². The minimum absolute atomic E-state index is 0.0983. The van der Waals surface area contributed by atoms with Crippen molar-refractivity contribution in [3.63, 3.8) is 0 Å². The van der Waals surface area contributed by atoms with Crippen LogP contribution in [0.25, 0.3) is 0 Å². The molecule has 3 rings (SSSR count). The number of rotatable bonds is 9. The first-order valence-corrected chi connectivity index (χ1v) is 14.1. The van der Waals surface area contributed by atoms with Crippen molar-refractivity contribution in [2.75, 3.05) is 36.8 Å². The van der Waals surface area contributed by atoms with Crippen LogP contribution in [-0.2, 0) is 27.4 Å². The first-order chi connectivity index (χ1) is 15.2. The van der Waals surface area contributed by atoms with Crippen molar-refractivity contribution in [3.05, 3.63) is 53.1 Å². The molecule has 0 aromatic heterocycles. The molecule has 0 amide bonds. The van der Waals surface area contributed by atoms with Crippen LogP contribution in [0.1, 0.15) is 42.5 Å². The van der Waals surface area contributed by atoms with E-state index in [4.69, 9.17) is 22.7 Å². The summed E-state index contributed by atoms with van der Waals surface area (Å²) in [6.07, 6.45) is 4.86. The average molecular weight is 493 g/mol. The topological polar surface area (TPSA) is 81.4 Å². The molecular weight excluding hydrogens is 460 g/mol. The lowest BCUT2D eigenvalue weighted by Crippen LogP contribution is -2.19. The molecule has 2 atom stereocenters. The first-order valence-electron chi connectivity index (χ1n) is 10.8. The van der Waals surface area contributed by atoms with Crippen LogP contribution in [0.4, 0.5) is 11.4 Å². The number of hydrogen-bond acceptors (Lipinski definition) is 7. The van der Waals surface area contributed by atoms with E-state index in [-0.39, 0.29) is 6.04 Å². The summed E-state index contributed by atoms with van der Waals surface area (Å²) in [6, 6.07) is 11.3. The molecule has 0 spiro atoms. The fourth-order valence-electron chi connectivity index (χ4n) is 4.07. The van der Waals surface area contributed by atoms with E-state index in [0.29, 0.717) is 17.2 Å². The molecule has 0 fully saturated rings. The first kappa shape index (κ1) is 25.0. The molecule has 2 unspecified atom stereocenters. The second-order valence-corrected chi connectivity index (χ2v) is 12.4. The van der Waals surface area contributed by atoms with Crippen LogP contribution in [0.2, 0.25) is 0 Å². The monoisotopic (exact) mass is 492 g/mol. The second kappa shape index (κ2) is 11.0. The lowest BCUT2D eigenvalue weighted by atomic mass is 9.84. The molecule has 5 nitrogen and oxygen atoms in total. The fourth-order valence-corrected chi connectivity index (χ4v) is 5.92. The standard InChI is InChI=1S/C24H32N2O3S3/c1-16(14-29-2)15-31-23(30)12-17-10-11-20-21(24(17)25)8-5-9-22(20)26-18-6-4-7-19(13-18)32(3,27)28/h4,6-7,10-11,13,16,22,26H,5,8-9,12,14-15,25H2,1-3H3. The SMILES string of the molecule is COCC(C)CSC(=S)Cc1ccc2c(c1N)CCCC2Nc1cccc(S(C)(=O)=O)c1. The molecule has 32 heavy (non-hydrogen) atoms. The van der Waals surface area contributed by atoms with Gasteiger partial charge in [-0.05, 0) is 60.1 Å². The van der Waals surface area contributed by atoms with E-state index in [0.717, 1.165) is 52.8 Å². The number of thiocarbonyl (C=S) groups is 1. The molecule has 2 aromatic rings. The summed E-state index contributed by atoms with van der Waals surface area (Å²) >= 11 is 7.32. The molecule has 0 saturated carbocycles. The van der Waals surface area contributed by atoms with Gasteiger partial charge >= 0.3 is 0 Å². The predicted molar refractivity (Wildman–Crippen MR) is 140 cm³/mol. The van der Waals surface area contributed by atoms with Gasteiger partial charge in [0.2, 0.25) is 0 Å². The van der Waals surface area contributed by atoms with Gasteiger partial charge < -0.3 is 15.8 Å². The van der Waals surface area contributed by atoms with Gasteiger partial charge in [0.15, 0.2) is 9.84 Å². The number of ether oxygens (including phenoxy) is 1. The Morgan fingerprint density at radius 3 is 2.84 bits per heavy atom. The van der Waals surface area contributed by atoms with E-state index >= 15 is 0 Å². The number of anilines is 2. The summed E-state index contributed by atoms with van der Waals surface area (Å²) in [5, 5.41) is 3.52. The molecule has 1 aliphatic rings. The van der Waals surface area contributed by atoms with Crippen molar-refractivity contribution in [3.8, 4) is 0 Å². The van der Waals surface area contributed by atoms with Gasteiger partial charge in [0.05, 0.1) is 15.1 Å². The van der Waals surface area contributed by atoms with E-state index in [2.05, 4.69) is 24.4 Å². The van der Waals surface area contributed by atoms with Gasteiger partial charge in [-0.3, -0.25) is 0 Å². The normalized spacial score (nSPS) is 16.9. The number of thioether (sulfide) groups is 1. The Morgan fingerprint density at radius 2 is 2.12 bits per heavy atom. The highest BCUT2D eigenvalue weighted by Gasteiger charge is 2.24. The Bertz CT molecular complexity index is 1070. The maximum atomic E-state index is 11.9. The molecule has 174 valence electrons. The minimum Gasteiger partial charge on any atom is -0.398 e. The maximum Gasteiger partial charge on any atom is 0.175 e. The number of hydrogen-bond donors (Lipinski definition) is 2. The Kier molecular flexibility index (Phi) is 8.61. The van der Waals surface area contributed by atoms with Crippen molar-refractivity contribution in [2.45, 2.75) is 43.5 Å². The van der Waals surface area contributed by atoms with Crippen LogP contribution in [0.5, 0.6) is 0 Å². The van der Waals surface area contributed by atoms with E-state index in [1.54, 1.807) is 37.1 Å². The maximum absolute atomic E-state index is 11.9. The lowest BCUT2D eigenvalue weighted by Gasteiger charge is -2.29. The molecule has 0 radical (unpaired) electrons. The highest BCUT2D eigenvalue weighted by molar-refractivity contribution is 8.23. The summed E-state index contributed by atoms with van der Waals surface area (Å²) < 4.78 is 29.9. The van der Waals surface area contributed by atoms with Crippen molar-refractivity contribution in [1.82, 2.24) is 0 Å². The van der Waals surface area contributed by atoms with E-state index in [1.807, 2.05) is 6.07 Å². The van der Waals surface area contributed by atoms with Crippen molar-refractivity contribution in [1.29, 1.82) is 0 Å². The van der Waals surface area contributed by atoms with E-state index < -0.39 is 9.84 Å². The summed E-state index contributed by atoms with van der Waals surface area (Å²) in [5.41, 5.74) is 11.7. The van der Waals surface area contributed by atoms with Gasteiger partial charge in [0, 0.05) is 43.5 Å². The summed E-state index contributed by atoms with van der Waals surface area (Å²) in [4.78, 5) is 0.319. The zero-order valence-electron chi connectivity index (χ0n) is 18.9. The molecule has 1 aliphatic carbocycles. The van der Waals surface area contributed by atoms with Gasteiger partial charge in [-0.25, -0.2) is 8.42 Å². The number of methoxy groups -OCH3 is 1. The van der Waals surface area contributed by atoms with Gasteiger partial charge in [-0.2, -0.15) is 0 Å². The average Bonchev–Trinajstić information content (AvgIpc) is 2.74. The number of nitrogens with two attached hydrogens (primary N) is 1. The van der Waals surface area contributed by atoms with Gasteiger partial charge in [0.25, 0.3) is 0 Å². The number of nitrogens with one attached hydrogen (secondary N) is 1. The number of fused-ring (bicyclic) bond motifs is 1. The molecular formula is C24H32N2O3S3. The Labute approximate surface area is 201 Å². The highest BCUT2D eigenvalue weighted by Crippen LogP contribution is 2.37. The summed E-state index contributed by atoms with van der Waals surface area (Å²) in [6.45, 7) is 2.89. The third-order valence-corrected chi connectivity index (χ3v) is 8.51. The molecule has 0 aliphatic heterocycles. The number of nitrogen functional groups attached to an aromatic ring is 1. The van der Waals surface area contributed by atoms with Gasteiger partial charge in [0.1, 0.15) is 0 Å². The third kappa shape index (κ3) is 6.47. The van der Waals surface area contributed by atoms with Crippen LogP contribution in [-0.4, -0.2) is 38.3 Å². The van der Waals surface area contributed by atoms with Crippen molar-refractivity contribution >= 4 is 49.4 Å². The molecule has 0 bridgehead atoms. The van der Waals surface area contributed by atoms with Crippen LogP contribution < -0.4 is 11.1 Å². The van der Waals surface area contributed by atoms with Crippen molar-refractivity contribution < 1.29 is 13.2 Å². The minimum atomic E-state index is -3.25. The lowest BCUT2D eigenvalue weighted by molar-refractivity contribution is 0.168. The predicted octanol–water partition coefficient (Wildman–Crippen LogP) is 5.05. The van der Waals surface area contributed by atoms with Crippen LogP contribution in [0, 0.1) is 5.92 Å². The Balaban J connectivity index is 1.74. The Hall–Kier alpha value is -1.61. The van der Waals surface area contributed by atoms with Crippen LogP contribution >= 0.6 is 24.0 Å². The summed E-state index contributed by atoms with van der Waals surface area (Å²) in [5.74, 6) is 1.40. The van der Waals surface area contributed by atoms with Gasteiger partial charge in [-0.15, -0.1) is 11.8 Å².